The number of nitro groups is 1. The van der Waals surface area contributed by atoms with E-state index in [1.165, 1.54) is 45.5 Å². The van der Waals surface area contributed by atoms with E-state index in [0.717, 1.165) is 23.2 Å². The molecule has 0 aliphatic heterocycles. The molecule has 13 N–H and O–H groups in total. The van der Waals surface area contributed by atoms with Gasteiger partial charge in [-0.05, 0) is 66.2 Å². The van der Waals surface area contributed by atoms with Crippen molar-refractivity contribution < 1.29 is 53.7 Å². The summed E-state index contributed by atoms with van der Waals surface area (Å²) in [5.41, 5.74) is 23.8. The van der Waals surface area contributed by atoms with Crippen LogP contribution in [0.3, 0.4) is 0 Å². The summed E-state index contributed by atoms with van der Waals surface area (Å²) in [4.78, 5) is 61.1. The molecule has 0 heterocycles. The molecular weight excluding hydrogens is 782 g/mol. The number of likely N-dealkylation sites (N-methyl/N-ethyl adjacent to an activating group) is 2. The molecule has 0 aromatic heterocycles. The number of aldehydes is 2. The Morgan fingerprint density at radius 3 is 1.62 bits per heavy atom. The van der Waals surface area contributed by atoms with Gasteiger partial charge in [0.05, 0.1) is 36.3 Å². The molecule has 0 saturated carbocycles. The molecule has 0 bridgehead atoms. The van der Waals surface area contributed by atoms with Crippen molar-refractivity contribution in [3.05, 3.63) is 143 Å². The highest BCUT2D eigenvalue weighted by Gasteiger charge is 2.26. The van der Waals surface area contributed by atoms with E-state index in [0.29, 0.717) is 17.6 Å². The van der Waals surface area contributed by atoms with Crippen LogP contribution >= 0.6 is 0 Å². The number of benzene rings is 5. The molecule has 2 unspecified atom stereocenters. The molecule has 19 nitrogen and oxygen atoms in total. The van der Waals surface area contributed by atoms with Gasteiger partial charge in [0.15, 0.2) is 0 Å². The third kappa shape index (κ3) is 20.6. The predicted octanol–water partition coefficient (Wildman–Crippen LogP) is 3.41. The SMILES string of the molecule is CNC(=O)C(O)C(C=O)c1ccccc1.CNC(=O)C=O.COc1ccc(N)c(C(=O)O)c1.COc1ccc(N)cc1.Nc1cc([N+](=O)[O-])ccc1O.Nc1ccccc1. The molecule has 0 fully saturated rings. The molecular formula is C41H49N7O12. The molecule has 5 aromatic carbocycles. The van der Waals surface area contributed by atoms with Crippen LogP contribution in [0.1, 0.15) is 21.8 Å². The van der Waals surface area contributed by atoms with Crippen LogP contribution < -0.4 is 43.0 Å². The number of amides is 2. The number of hydrogen-bond acceptors (Lipinski definition) is 15. The number of anilines is 4. The fourth-order valence-electron chi connectivity index (χ4n) is 3.94. The number of nitro benzene ring substituents is 1. The van der Waals surface area contributed by atoms with Crippen LogP contribution in [0, 0.1) is 10.1 Å². The van der Waals surface area contributed by atoms with E-state index in [9.17, 15) is 39.2 Å². The first-order valence-electron chi connectivity index (χ1n) is 17.2. The number of carbonyl (C=O) groups is 5. The van der Waals surface area contributed by atoms with Gasteiger partial charge in [-0.1, -0.05) is 48.5 Å². The number of nitrogens with one attached hydrogen (secondary N) is 2. The first-order valence-corrected chi connectivity index (χ1v) is 17.2. The molecule has 0 radical (unpaired) electrons. The number of hydrogen-bond donors (Lipinski definition) is 9. The second-order valence-electron chi connectivity index (χ2n) is 11.3. The van der Waals surface area contributed by atoms with Crippen LogP contribution in [0.5, 0.6) is 17.2 Å². The summed E-state index contributed by atoms with van der Waals surface area (Å²) in [5, 5.41) is 41.7. The highest BCUT2D eigenvalue weighted by molar-refractivity contribution is 6.23. The number of carboxylic acids is 1. The number of carbonyl (C=O) groups excluding carboxylic acids is 4. The minimum atomic E-state index is -1.34. The third-order valence-electron chi connectivity index (χ3n) is 7.17. The number of aliphatic hydroxyl groups is 1. The van der Waals surface area contributed by atoms with Gasteiger partial charge in [-0.2, -0.15) is 0 Å². The zero-order valence-corrected chi connectivity index (χ0v) is 33.1. The fraction of sp³-hybridized carbons (Fsp3) is 0.146. The molecule has 60 heavy (non-hydrogen) atoms. The Labute approximate surface area is 345 Å². The highest BCUT2D eigenvalue weighted by atomic mass is 16.6. The number of methoxy groups -OCH3 is 2. The maximum absolute atomic E-state index is 11.2. The van der Waals surface area contributed by atoms with Gasteiger partial charge in [-0.3, -0.25) is 24.5 Å². The van der Waals surface area contributed by atoms with Crippen molar-refractivity contribution in [2.45, 2.75) is 12.0 Å². The van der Waals surface area contributed by atoms with E-state index >= 15 is 0 Å². The van der Waals surface area contributed by atoms with Gasteiger partial charge in [-0.15, -0.1) is 0 Å². The summed E-state index contributed by atoms with van der Waals surface area (Å²) in [6.07, 6.45) is -0.537. The molecule has 0 aliphatic carbocycles. The van der Waals surface area contributed by atoms with Gasteiger partial charge in [0.2, 0.25) is 12.2 Å². The Bertz CT molecular complexity index is 2070. The van der Waals surface area contributed by atoms with Gasteiger partial charge in [0.25, 0.3) is 11.6 Å². The summed E-state index contributed by atoms with van der Waals surface area (Å²) in [5.74, 6) is -1.83. The second kappa shape index (κ2) is 29.1. The molecule has 320 valence electrons. The molecule has 0 saturated heterocycles. The topological polar surface area (TPSA) is 336 Å². The lowest BCUT2D eigenvalue weighted by Crippen LogP contribution is -2.37. The number of carboxylic acid groups (broad SMARTS) is 1. The zero-order chi connectivity index (χ0) is 45.6. The number of nitrogen functional groups attached to an aromatic ring is 4. The number of phenols is 1. The lowest BCUT2D eigenvalue weighted by atomic mass is 9.94. The summed E-state index contributed by atoms with van der Waals surface area (Å²) in [7, 11) is 5.91. The number of phenolic OH excluding ortho intramolecular Hbond substituents is 1. The number of nitrogens with two attached hydrogens (primary N) is 4. The average Bonchev–Trinajstić information content (AvgIpc) is 3.26. The van der Waals surface area contributed by atoms with Crippen molar-refractivity contribution in [1.29, 1.82) is 0 Å². The molecule has 19 heteroatoms. The minimum Gasteiger partial charge on any atom is -0.506 e. The van der Waals surface area contributed by atoms with E-state index in [2.05, 4.69) is 10.6 Å². The van der Waals surface area contributed by atoms with Crippen molar-refractivity contribution in [3.63, 3.8) is 0 Å². The van der Waals surface area contributed by atoms with Crippen molar-refractivity contribution in [1.82, 2.24) is 10.6 Å². The van der Waals surface area contributed by atoms with Gasteiger partial charge in [0, 0.05) is 43.3 Å². The Balaban J connectivity index is 0.000000713. The van der Waals surface area contributed by atoms with E-state index in [1.54, 1.807) is 55.6 Å². The number of aromatic hydroxyl groups is 1. The highest BCUT2D eigenvalue weighted by Crippen LogP contribution is 2.24. The first kappa shape index (κ1) is 51.8. The first-order chi connectivity index (χ1) is 28.5. The number of nitrogens with zero attached hydrogens (tertiary/aromatic N) is 1. The van der Waals surface area contributed by atoms with Crippen molar-refractivity contribution in [2.75, 3.05) is 51.2 Å². The molecule has 0 spiro atoms. The van der Waals surface area contributed by atoms with Gasteiger partial charge in [0.1, 0.15) is 29.6 Å². The Morgan fingerprint density at radius 1 is 0.717 bits per heavy atom. The van der Waals surface area contributed by atoms with Gasteiger partial charge < -0.3 is 63.2 Å². The lowest BCUT2D eigenvalue weighted by Gasteiger charge is -2.16. The molecule has 0 aliphatic rings. The number of aliphatic hydroxyl groups excluding tert-OH is 1. The maximum Gasteiger partial charge on any atom is 0.337 e. The van der Waals surface area contributed by atoms with Crippen LogP contribution in [0.15, 0.2) is 121 Å². The summed E-state index contributed by atoms with van der Waals surface area (Å²) in [6.45, 7) is 0. The molecule has 5 aromatic rings. The maximum atomic E-state index is 11.2. The summed E-state index contributed by atoms with van der Waals surface area (Å²) >= 11 is 0. The summed E-state index contributed by atoms with van der Waals surface area (Å²) < 4.78 is 9.75. The van der Waals surface area contributed by atoms with Crippen molar-refractivity contribution in [2.24, 2.45) is 0 Å². The van der Waals surface area contributed by atoms with Gasteiger partial charge >= 0.3 is 5.97 Å². The van der Waals surface area contributed by atoms with Crippen LogP contribution in [0.4, 0.5) is 28.4 Å². The number of aromatic carboxylic acids is 1. The van der Waals surface area contributed by atoms with E-state index < -0.39 is 34.7 Å². The number of non-ortho nitro benzene ring substituents is 1. The second-order valence-corrected chi connectivity index (χ2v) is 11.3. The summed E-state index contributed by atoms with van der Waals surface area (Å²) in [6, 6.07) is 33.4. The standard InChI is InChI=1S/C11H13NO3.C8H9NO3.C7H9NO.C6H6N2O3.C6H7N.C3H5NO2/c1-12-11(15)10(14)9(7-13)8-5-3-2-4-6-8;1-12-5-2-3-7(9)6(4-5)8(10)11;1-9-7-4-2-6(8)3-5-7;7-5-3-4(8(10)11)1-2-6(5)9;7-6-4-2-1-3-5-6;1-4-3(6)2-5/h2-7,9-10,14H,1H3,(H,12,15);2-4H,9H2,1H3,(H,10,11);2-5H,8H2,1H3;1-3,9H,7H2;1-5H,7H2;2H,1H3,(H,4,6). The van der Waals surface area contributed by atoms with Crippen molar-refractivity contribution in [3.8, 4) is 17.2 Å². The van der Waals surface area contributed by atoms with Gasteiger partial charge in [-0.25, -0.2) is 4.79 Å². The van der Waals surface area contributed by atoms with E-state index in [-0.39, 0.29) is 34.7 Å². The number of ether oxygens (including phenoxy) is 2. The van der Waals surface area contributed by atoms with Crippen molar-refractivity contribution >= 4 is 58.8 Å². The Hall–Kier alpha value is -8.19. The zero-order valence-electron chi connectivity index (χ0n) is 33.1. The van der Waals surface area contributed by atoms with Crippen LogP contribution in [-0.2, 0) is 19.2 Å². The van der Waals surface area contributed by atoms with Crippen LogP contribution in [-0.4, -0.2) is 85.0 Å². The Morgan fingerprint density at radius 2 is 1.23 bits per heavy atom. The smallest absolute Gasteiger partial charge is 0.337 e. The fourth-order valence-corrected chi connectivity index (χ4v) is 3.94. The lowest BCUT2D eigenvalue weighted by molar-refractivity contribution is -0.384. The monoisotopic (exact) mass is 831 g/mol. The predicted molar refractivity (Wildman–Crippen MR) is 227 cm³/mol. The number of para-hydroxylation sites is 1. The quantitative estimate of drug-likeness (QED) is 0.0257. The minimum absolute atomic E-state index is 0.0131. The third-order valence-corrected chi connectivity index (χ3v) is 7.17. The Kier molecular flexibility index (Phi) is 25.1. The van der Waals surface area contributed by atoms with Crippen LogP contribution in [0.2, 0.25) is 0 Å². The van der Waals surface area contributed by atoms with Crippen LogP contribution in [0.25, 0.3) is 0 Å². The number of rotatable bonds is 9. The van der Waals surface area contributed by atoms with E-state index in [4.69, 9.17) is 42.6 Å². The largest absolute Gasteiger partial charge is 0.506 e. The normalized spacial score (nSPS) is 10.2. The molecule has 5 rings (SSSR count). The van der Waals surface area contributed by atoms with E-state index in [1.807, 2.05) is 42.5 Å². The average molecular weight is 832 g/mol. The molecule has 2 atom stereocenters. The molecule has 2 amide bonds.